The van der Waals surface area contributed by atoms with Crippen LogP contribution < -0.4 is 5.32 Å². The number of halogens is 2. The standard InChI is InChI=1S/C17H20BrFN2/c1-3-8-21-17(12(2)13-6-9-20-10-7-13)15-5-4-14(18)11-16(15)19/h4-7,9-12,17,21H,3,8H2,1-2H3. The second kappa shape index (κ2) is 7.66. The van der Waals surface area contributed by atoms with Crippen molar-refractivity contribution >= 4 is 15.9 Å². The molecule has 112 valence electrons. The van der Waals surface area contributed by atoms with Crippen LogP contribution in [0.2, 0.25) is 0 Å². The molecule has 2 aromatic rings. The molecule has 1 aromatic heterocycles. The maximum atomic E-state index is 14.3. The molecule has 0 bridgehead atoms. The summed E-state index contributed by atoms with van der Waals surface area (Å²) in [7, 11) is 0. The minimum absolute atomic E-state index is 0.0551. The van der Waals surface area contributed by atoms with Crippen molar-refractivity contribution in [3.05, 3.63) is 64.1 Å². The maximum Gasteiger partial charge on any atom is 0.129 e. The molecule has 0 fully saturated rings. The molecule has 2 nitrogen and oxygen atoms in total. The summed E-state index contributed by atoms with van der Waals surface area (Å²) in [5.74, 6) is -0.0193. The summed E-state index contributed by atoms with van der Waals surface area (Å²) in [6, 6.07) is 9.18. The van der Waals surface area contributed by atoms with Crippen LogP contribution in [0.3, 0.4) is 0 Å². The van der Waals surface area contributed by atoms with E-state index in [0.29, 0.717) is 5.56 Å². The predicted molar refractivity (Wildman–Crippen MR) is 87.8 cm³/mol. The van der Waals surface area contributed by atoms with Crippen LogP contribution in [0.4, 0.5) is 4.39 Å². The molecule has 1 aromatic carbocycles. The van der Waals surface area contributed by atoms with Crippen molar-refractivity contribution in [3.8, 4) is 0 Å². The Balaban J connectivity index is 2.33. The van der Waals surface area contributed by atoms with Crippen LogP contribution in [0.1, 0.15) is 43.4 Å². The van der Waals surface area contributed by atoms with E-state index >= 15 is 0 Å². The molecule has 0 amide bonds. The smallest absolute Gasteiger partial charge is 0.129 e. The van der Waals surface area contributed by atoms with E-state index in [9.17, 15) is 4.39 Å². The SMILES string of the molecule is CCCNC(c1ccc(Br)cc1F)C(C)c1ccncc1. The molecule has 4 heteroatoms. The van der Waals surface area contributed by atoms with Crippen molar-refractivity contribution in [1.29, 1.82) is 0 Å². The van der Waals surface area contributed by atoms with Crippen LogP contribution in [-0.2, 0) is 0 Å². The van der Waals surface area contributed by atoms with E-state index in [1.54, 1.807) is 12.4 Å². The molecular formula is C17H20BrFN2. The zero-order chi connectivity index (χ0) is 15.2. The fourth-order valence-corrected chi connectivity index (χ4v) is 2.80. The minimum Gasteiger partial charge on any atom is -0.309 e. The van der Waals surface area contributed by atoms with Crippen molar-refractivity contribution in [2.45, 2.75) is 32.2 Å². The molecule has 1 heterocycles. The summed E-state index contributed by atoms with van der Waals surface area (Å²) in [5, 5.41) is 3.47. The van der Waals surface area contributed by atoms with Crippen molar-refractivity contribution in [2.24, 2.45) is 0 Å². The highest BCUT2D eigenvalue weighted by atomic mass is 79.9. The van der Waals surface area contributed by atoms with Gasteiger partial charge < -0.3 is 5.32 Å². The number of rotatable bonds is 6. The zero-order valence-corrected chi connectivity index (χ0v) is 13.9. The van der Waals surface area contributed by atoms with E-state index in [4.69, 9.17) is 0 Å². The van der Waals surface area contributed by atoms with Crippen LogP contribution in [-0.4, -0.2) is 11.5 Å². The van der Waals surface area contributed by atoms with E-state index in [-0.39, 0.29) is 17.8 Å². The Morgan fingerprint density at radius 1 is 1.24 bits per heavy atom. The predicted octanol–water partition coefficient (Wildman–Crippen LogP) is 4.83. The van der Waals surface area contributed by atoms with Crippen LogP contribution in [0, 0.1) is 5.82 Å². The van der Waals surface area contributed by atoms with Gasteiger partial charge in [-0.3, -0.25) is 4.98 Å². The van der Waals surface area contributed by atoms with Gasteiger partial charge in [0.2, 0.25) is 0 Å². The molecular weight excluding hydrogens is 331 g/mol. The van der Waals surface area contributed by atoms with Gasteiger partial charge in [0.15, 0.2) is 0 Å². The van der Waals surface area contributed by atoms with Gasteiger partial charge in [-0.2, -0.15) is 0 Å². The Kier molecular flexibility index (Phi) is 5.88. The lowest BCUT2D eigenvalue weighted by Crippen LogP contribution is -2.27. The molecule has 2 atom stereocenters. The van der Waals surface area contributed by atoms with Gasteiger partial charge in [-0.15, -0.1) is 0 Å². The lowest BCUT2D eigenvalue weighted by atomic mass is 9.88. The van der Waals surface area contributed by atoms with E-state index in [1.165, 1.54) is 6.07 Å². The highest BCUT2D eigenvalue weighted by Crippen LogP contribution is 2.32. The molecule has 0 aliphatic rings. The molecule has 0 saturated heterocycles. The second-order valence-corrected chi connectivity index (χ2v) is 6.08. The highest BCUT2D eigenvalue weighted by molar-refractivity contribution is 9.10. The fourth-order valence-electron chi connectivity index (χ4n) is 2.47. The molecule has 2 unspecified atom stereocenters. The number of hydrogen-bond donors (Lipinski definition) is 1. The first-order valence-electron chi connectivity index (χ1n) is 7.21. The van der Waals surface area contributed by atoms with Gasteiger partial charge >= 0.3 is 0 Å². The maximum absolute atomic E-state index is 14.3. The van der Waals surface area contributed by atoms with Crippen LogP contribution in [0.15, 0.2) is 47.2 Å². The number of benzene rings is 1. The van der Waals surface area contributed by atoms with Crippen molar-refractivity contribution in [1.82, 2.24) is 10.3 Å². The Morgan fingerprint density at radius 2 is 1.95 bits per heavy atom. The minimum atomic E-state index is -0.182. The molecule has 0 radical (unpaired) electrons. The third-order valence-corrected chi connectivity index (χ3v) is 4.14. The van der Waals surface area contributed by atoms with Crippen LogP contribution in [0.25, 0.3) is 0 Å². The van der Waals surface area contributed by atoms with E-state index in [2.05, 4.69) is 40.1 Å². The first-order valence-corrected chi connectivity index (χ1v) is 8.01. The topological polar surface area (TPSA) is 24.9 Å². The average Bonchev–Trinajstić information content (AvgIpc) is 2.50. The monoisotopic (exact) mass is 350 g/mol. The fraction of sp³-hybridized carbons (Fsp3) is 0.353. The van der Waals surface area contributed by atoms with Crippen molar-refractivity contribution < 1.29 is 4.39 Å². The Labute approximate surface area is 133 Å². The number of hydrogen-bond acceptors (Lipinski definition) is 2. The number of aromatic nitrogens is 1. The number of nitrogens with one attached hydrogen (secondary N) is 1. The average molecular weight is 351 g/mol. The quantitative estimate of drug-likeness (QED) is 0.807. The van der Waals surface area contributed by atoms with Gasteiger partial charge in [0.05, 0.1) is 0 Å². The van der Waals surface area contributed by atoms with Gasteiger partial charge in [-0.1, -0.05) is 35.8 Å². The molecule has 0 aliphatic heterocycles. The Bertz CT molecular complexity index is 574. The molecule has 0 spiro atoms. The molecule has 0 aliphatic carbocycles. The third kappa shape index (κ3) is 4.11. The second-order valence-electron chi connectivity index (χ2n) is 5.17. The van der Waals surface area contributed by atoms with Gasteiger partial charge in [-0.25, -0.2) is 4.39 Å². The summed E-state index contributed by atoms with van der Waals surface area (Å²) >= 11 is 3.31. The normalized spacial score (nSPS) is 13.9. The van der Waals surface area contributed by atoms with Gasteiger partial charge in [-0.05, 0) is 42.8 Å². The Hall–Kier alpha value is -1.26. The van der Waals surface area contributed by atoms with Gasteiger partial charge in [0.1, 0.15) is 5.82 Å². The number of nitrogens with zero attached hydrogens (tertiary/aromatic N) is 1. The first-order chi connectivity index (χ1) is 10.1. The Morgan fingerprint density at radius 3 is 2.57 bits per heavy atom. The van der Waals surface area contributed by atoms with Crippen LogP contribution in [0.5, 0.6) is 0 Å². The summed E-state index contributed by atoms with van der Waals surface area (Å²) in [5.41, 5.74) is 1.86. The number of pyridine rings is 1. The van der Waals surface area contributed by atoms with Gasteiger partial charge in [0, 0.05) is 34.4 Å². The summed E-state index contributed by atoms with van der Waals surface area (Å²) in [6.07, 6.45) is 4.57. The van der Waals surface area contributed by atoms with Gasteiger partial charge in [0.25, 0.3) is 0 Å². The lowest BCUT2D eigenvalue weighted by molar-refractivity contribution is 0.445. The zero-order valence-electron chi connectivity index (χ0n) is 12.3. The molecule has 1 N–H and O–H groups in total. The van der Waals surface area contributed by atoms with Crippen molar-refractivity contribution in [2.75, 3.05) is 6.54 Å². The highest BCUT2D eigenvalue weighted by Gasteiger charge is 2.23. The van der Waals surface area contributed by atoms with E-state index in [1.807, 2.05) is 24.3 Å². The van der Waals surface area contributed by atoms with Crippen molar-refractivity contribution in [3.63, 3.8) is 0 Å². The van der Waals surface area contributed by atoms with E-state index in [0.717, 1.165) is 23.0 Å². The van der Waals surface area contributed by atoms with E-state index < -0.39 is 0 Å². The molecule has 0 saturated carbocycles. The summed E-state index contributed by atoms with van der Waals surface area (Å²) < 4.78 is 15.1. The molecule has 21 heavy (non-hydrogen) atoms. The van der Waals surface area contributed by atoms with Crippen LogP contribution >= 0.6 is 15.9 Å². The summed E-state index contributed by atoms with van der Waals surface area (Å²) in [6.45, 7) is 5.08. The molecule has 2 rings (SSSR count). The largest absolute Gasteiger partial charge is 0.309 e. The first kappa shape index (κ1) is 16.1. The summed E-state index contributed by atoms with van der Waals surface area (Å²) in [4.78, 5) is 4.05. The lowest BCUT2D eigenvalue weighted by Gasteiger charge is -2.26. The third-order valence-electron chi connectivity index (χ3n) is 3.64.